The van der Waals surface area contributed by atoms with E-state index in [1.54, 1.807) is 0 Å². The molecule has 0 radical (unpaired) electrons. The largest absolute Gasteiger partial charge is 0.337 e. The van der Waals surface area contributed by atoms with E-state index >= 15 is 0 Å². The number of quaternary nitrogens is 1. The van der Waals surface area contributed by atoms with Crippen LogP contribution in [0.4, 0.5) is 0 Å². The molecule has 1 atom stereocenters. The van der Waals surface area contributed by atoms with E-state index < -0.39 is 0 Å². The Labute approximate surface area is 97.1 Å². The van der Waals surface area contributed by atoms with E-state index in [-0.39, 0.29) is 0 Å². The van der Waals surface area contributed by atoms with Crippen molar-refractivity contribution in [2.24, 2.45) is 0 Å². The number of benzene rings is 2. The summed E-state index contributed by atoms with van der Waals surface area (Å²) in [5.74, 6) is 0. The quantitative estimate of drug-likeness (QED) is 0.802. The highest BCUT2D eigenvalue weighted by molar-refractivity contribution is 5.16. The third-order valence-corrected chi connectivity index (χ3v) is 2.88. The lowest BCUT2D eigenvalue weighted by molar-refractivity contribution is -0.707. The fourth-order valence-electron chi connectivity index (χ4n) is 1.82. The molecule has 2 N–H and O–H groups in total. The maximum absolute atomic E-state index is 2.37. The summed E-state index contributed by atoms with van der Waals surface area (Å²) < 4.78 is 0. The van der Waals surface area contributed by atoms with Crippen molar-refractivity contribution in [1.29, 1.82) is 0 Å². The number of rotatable bonds is 4. The second-order valence-electron chi connectivity index (χ2n) is 4.12. The Hall–Kier alpha value is -1.60. The van der Waals surface area contributed by atoms with Gasteiger partial charge in [0.05, 0.1) is 0 Å². The molecule has 0 saturated carbocycles. The van der Waals surface area contributed by atoms with E-state index in [2.05, 4.69) is 72.9 Å². The molecule has 2 aromatic rings. The average molecular weight is 212 g/mol. The van der Waals surface area contributed by atoms with Crippen LogP contribution in [0.3, 0.4) is 0 Å². The van der Waals surface area contributed by atoms with E-state index in [0.29, 0.717) is 6.04 Å². The normalized spacial score (nSPS) is 12.3. The monoisotopic (exact) mass is 212 g/mol. The molecule has 0 spiro atoms. The lowest BCUT2D eigenvalue weighted by atomic mass is 10.1. The van der Waals surface area contributed by atoms with Gasteiger partial charge >= 0.3 is 0 Å². The van der Waals surface area contributed by atoms with Crippen LogP contribution in [0.1, 0.15) is 24.1 Å². The molecule has 0 fully saturated rings. The fraction of sp³-hybridized carbons (Fsp3) is 0.200. The van der Waals surface area contributed by atoms with Crippen LogP contribution in [0.15, 0.2) is 60.7 Å². The highest BCUT2D eigenvalue weighted by Crippen LogP contribution is 2.06. The van der Waals surface area contributed by atoms with Gasteiger partial charge in [0.2, 0.25) is 0 Å². The highest BCUT2D eigenvalue weighted by Gasteiger charge is 2.06. The molecule has 0 amide bonds. The van der Waals surface area contributed by atoms with Crippen LogP contribution >= 0.6 is 0 Å². The molecule has 2 rings (SSSR count). The summed E-state index contributed by atoms with van der Waals surface area (Å²) in [5, 5.41) is 2.37. The summed E-state index contributed by atoms with van der Waals surface area (Å²) >= 11 is 0. The van der Waals surface area contributed by atoms with Crippen LogP contribution < -0.4 is 5.32 Å². The van der Waals surface area contributed by atoms with Crippen LogP contribution in [0.5, 0.6) is 0 Å². The zero-order valence-corrected chi connectivity index (χ0v) is 9.64. The average Bonchev–Trinajstić information content (AvgIpc) is 2.38. The topological polar surface area (TPSA) is 16.6 Å². The number of nitrogens with two attached hydrogens (primary N) is 1. The molecule has 0 heterocycles. The molecular formula is C15H18N+. The molecule has 0 aromatic heterocycles. The minimum absolute atomic E-state index is 0.515. The Morgan fingerprint density at radius 3 is 2.06 bits per heavy atom. The summed E-state index contributed by atoms with van der Waals surface area (Å²) in [4.78, 5) is 0. The van der Waals surface area contributed by atoms with Crippen molar-refractivity contribution >= 4 is 0 Å². The second-order valence-corrected chi connectivity index (χ2v) is 4.12. The van der Waals surface area contributed by atoms with E-state index in [0.717, 1.165) is 6.54 Å². The zero-order valence-electron chi connectivity index (χ0n) is 9.64. The Morgan fingerprint density at radius 2 is 1.44 bits per heavy atom. The van der Waals surface area contributed by atoms with Crippen LogP contribution in [0.25, 0.3) is 0 Å². The van der Waals surface area contributed by atoms with Crippen molar-refractivity contribution in [1.82, 2.24) is 0 Å². The van der Waals surface area contributed by atoms with Gasteiger partial charge in [-0.05, 0) is 6.92 Å². The van der Waals surface area contributed by atoms with Gasteiger partial charge in [0.25, 0.3) is 0 Å². The number of hydrogen-bond acceptors (Lipinski definition) is 0. The Kier molecular flexibility index (Phi) is 3.73. The molecule has 1 nitrogen and oxygen atoms in total. The maximum Gasteiger partial charge on any atom is 0.109 e. The van der Waals surface area contributed by atoms with E-state index in [4.69, 9.17) is 0 Å². The molecular weight excluding hydrogens is 194 g/mol. The third-order valence-electron chi connectivity index (χ3n) is 2.88. The van der Waals surface area contributed by atoms with E-state index in [9.17, 15) is 0 Å². The molecule has 0 aliphatic heterocycles. The first-order chi connectivity index (χ1) is 7.86. The summed E-state index contributed by atoms with van der Waals surface area (Å²) in [5.41, 5.74) is 2.77. The third kappa shape index (κ3) is 2.94. The van der Waals surface area contributed by atoms with Gasteiger partial charge in [-0.15, -0.1) is 0 Å². The van der Waals surface area contributed by atoms with Crippen molar-refractivity contribution in [2.75, 3.05) is 0 Å². The molecule has 0 aliphatic rings. The van der Waals surface area contributed by atoms with Gasteiger partial charge in [-0.1, -0.05) is 60.7 Å². The predicted octanol–water partition coefficient (Wildman–Crippen LogP) is 2.51. The summed E-state index contributed by atoms with van der Waals surface area (Å²) in [6.45, 7) is 3.29. The van der Waals surface area contributed by atoms with Gasteiger partial charge < -0.3 is 5.32 Å². The molecule has 2 aromatic carbocycles. The second kappa shape index (κ2) is 5.47. The number of hydrogen-bond donors (Lipinski definition) is 1. The first-order valence-electron chi connectivity index (χ1n) is 5.78. The maximum atomic E-state index is 2.37. The minimum Gasteiger partial charge on any atom is -0.337 e. The molecule has 16 heavy (non-hydrogen) atoms. The van der Waals surface area contributed by atoms with Crippen LogP contribution in [-0.2, 0) is 6.54 Å². The molecule has 0 unspecified atom stereocenters. The SMILES string of the molecule is C[C@@H]([NH2+]Cc1ccccc1)c1ccccc1. The van der Waals surface area contributed by atoms with Gasteiger partial charge in [0, 0.05) is 11.1 Å². The van der Waals surface area contributed by atoms with Crippen molar-refractivity contribution in [3.05, 3.63) is 71.8 Å². The van der Waals surface area contributed by atoms with Crippen molar-refractivity contribution in [2.45, 2.75) is 19.5 Å². The Morgan fingerprint density at radius 1 is 0.875 bits per heavy atom. The Balaban J connectivity index is 1.92. The van der Waals surface area contributed by atoms with Gasteiger partial charge in [-0.3, -0.25) is 0 Å². The van der Waals surface area contributed by atoms with Crippen molar-refractivity contribution in [3.63, 3.8) is 0 Å². The smallest absolute Gasteiger partial charge is 0.109 e. The van der Waals surface area contributed by atoms with E-state index in [1.807, 2.05) is 0 Å². The zero-order chi connectivity index (χ0) is 11.2. The van der Waals surface area contributed by atoms with Crippen LogP contribution in [0, 0.1) is 0 Å². The lowest BCUT2D eigenvalue weighted by Crippen LogP contribution is -2.83. The summed E-state index contributed by atoms with van der Waals surface area (Å²) in [7, 11) is 0. The van der Waals surface area contributed by atoms with Crippen molar-refractivity contribution in [3.8, 4) is 0 Å². The van der Waals surface area contributed by atoms with Gasteiger partial charge in [-0.25, -0.2) is 0 Å². The van der Waals surface area contributed by atoms with Crippen molar-refractivity contribution < 1.29 is 5.32 Å². The first kappa shape index (κ1) is 10.9. The highest BCUT2D eigenvalue weighted by atomic mass is 14.9. The fourth-order valence-corrected chi connectivity index (χ4v) is 1.82. The molecule has 0 aliphatic carbocycles. The summed E-state index contributed by atoms with van der Waals surface area (Å²) in [6, 6.07) is 21.7. The molecule has 82 valence electrons. The summed E-state index contributed by atoms with van der Waals surface area (Å²) in [6.07, 6.45) is 0. The standard InChI is InChI=1S/C15H17N/c1-13(15-10-6-3-7-11-15)16-12-14-8-4-2-5-9-14/h2-11,13,16H,12H2,1H3/p+1/t13-/m1/s1. The molecule has 0 bridgehead atoms. The van der Waals surface area contributed by atoms with Crippen LogP contribution in [-0.4, -0.2) is 0 Å². The lowest BCUT2D eigenvalue weighted by Gasteiger charge is -2.10. The van der Waals surface area contributed by atoms with Gasteiger partial charge in [0.1, 0.15) is 12.6 Å². The first-order valence-corrected chi connectivity index (χ1v) is 5.78. The minimum atomic E-state index is 0.515. The van der Waals surface area contributed by atoms with Gasteiger partial charge in [0.15, 0.2) is 0 Å². The van der Waals surface area contributed by atoms with Gasteiger partial charge in [-0.2, -0.15) is 0 Å². The molecule has 1 heteroatoms. The Bertz CT molecular complexity index is 408. The van der Waals surface area contributed by atoms with Crippen LogP contribution in [0.2, 0.25) is 0 Å². The predicted molar refractivity (Wildman–Crippen MR) is 66.9 cm³/mol. The molecule has 0 saturated heterocycles. The van der Waals surface area contributed by atoms with E-state index in [1.165, 1.54) is 11.1 Å².